The van der Waals surface area contributed by atoms with Gasteiger partial charge in [0.2, 0.25) is 0 Å². The molecule has 164 valence electrons. The first kappa shape index (κ1) is 22.6. The number of aliphatic carboxylic acids is 1. The molecule has 1 saturated heterocycles. The van der Waals surface area contributed by atoms with E-state index in [1.54, 1.807) is 18.2 Å². The van der Waals surface area contributed by atoms with Crippen molar-refractivity contribution in [2.24, 2.45) is 0 Å². The van der Waals surface area contributed by atoms with Gasteiger partial charge >= 0.3 is 5.97 Å². The van der Waals surface area contributed by atoms with Crippen LogP contribution in [0.15, 0.2) is 48.6 Å². The summed E-state index contributed by atoms with van der Waals surface area (Å²) in [6.07, 6.45) is 6.06. The average molecular weight is 424 g/mol. The highest BCUT2D eigenvalue weighted by atomic mass is 16.6. The van der Waals surface area contributed by atoms with E-state index in [0.29, 0.717) is 36.3 Å². The number of carbonyl (C=O) groups excluding carboxylic acids is 1. The van der Waals surface area contributed by atoms with Gasteiger partial charge in [0.1, 0.15) is 23.7 Å². The Kier molecular flexibility index (Phi) is 7.47. The summed E-state index contributed by atoms with van der Waals surface area (Å²) in [5.41, 5.74) is 2.74. The van der Waals surface area contributed by atoms with Crippen molar-refractivity contribution in [1.29, 1.82) is 0 Å². The maximum atomic E-state index is 11.6. The number of rotatable bonds is 11. The number of aromatic hydroxyl groups is 1. The molecule has 1 fully saturated rings. The van der Waals surface area contributed by atoms with Gasteiger partial charge < -0.3 is 19.7 Å². The Labute approximate surface area is 182 Å². The van der Waals surface area contributed by atoms with Gasteiger partial charge in [-0.2, -0.15) is 0 Å². The molecule has 1 aliphatic rings. The van der Waals surface area contributed by atoms with Gasteiger partial charge in [0, 0.05) is 5.56 Å². The van der Waals surface area contributed by atoms with E-state index in [1.807, 2.05) is 37.3 Å². The largest absolute Gasteiger partial charge is 0.507 e. The van der Waals surface area contributed by atoms with Crippen molar-refractivity contribution in [2.75, 3.05) is 6.61 Å². The molecule has 31 heavy (non-hydrogen) atoms. The highest BCUT2D eigenvalue weighted by molar-refractivity contribution is 5.97. The van der Waals surface area contributed by atoms with Crippen molar-refractivity contribution in [3.63, 3.8) is 0 Å². The molecule has 0 aliphatic carbocycles. The number of hydrogen-bond donors (Lipinski definition) is 2. The van der Waals surface area contributed by atoms with E-state index < -0.39 is 5.97 Å². The molecule has 6 heteroatoms. The molecule has 2 atom stereocenters. The summed E-state index contributed by atoms with van der Waals surface area (Å²) in [6.45, 7) is 3.89. The lowest BCUT2D eigenvalue weighted by Crippen LogP contribution is -2.03. The number of carboxylic acids is 1. The lowest BCUT2D eigenvalue weighted by Gasteiger charge is -2.14. The molecule has 0 saturated carbocycles. The molecule has 2 N–H and O–H groups in total. The fraction of sp³-hybridized carbons (Fsp3) is 0.360. The Morgan fingerprint density at radius 2 is 2.03 bits per heavy atom. The quantitative estimate of drug-likeness (QED) is 0.236. The van der Waals surface area contributed by atoms with Crippen LogP contribution in [0.1, 0.15) is 59.8 Å². The van der Waals surface area contributed by atoms with Crippen molar-refractivity contribution in [3.8, 4) is 11.5 Å². The predicted octanol–water partition coefficient (Wildman–Crippen LogP) is 4.64. The molecule has 0 unspecified atom stereocenters. The Balaban J connectivity index is 1.51. The second kappa shape index (κ2) is 10.3. The first-order valence-electron chi connectivity index (χ1n) is 10.5. The Hall–Kier alpha value is -3.12. The number of phenols is 1. The van der Waals surface area contributed by atoms with Crippen LogP contribution in [0, 0.1) is 0 Å². The number of carboxylic acid groups (broad SMARTS) is 1. The van der Waals surface area contributed by atoms with Crippen molar-refractivity contribution in [2.45, 2.75) is 51.7 Å². The molecule has 0 aromatic heterocycles. The zero-order chi connectivity index (χ0) is 22.4. The summed E-state index contributed by atoms with van der Waals surface area (Å²) < 4.78 is 11.5. The lowest BCUT2D eigenvalue weighted by atomic mass is 10.0. The second-order valence-electron chi connectivity index (χ2n) is 7.65. The topological polar surface area (TPSA) is 96.4 Å². The summed E-state index contributed by atoms with van der Waals surface area (Å²) in [5, 5.41) is 19.3. The smallest absolute Gasteiger partial charge is 0.307 e. The highest BCUT2D eigenvalue weighted by Crippen LogP contribution is 2.40. The number of Topliss-reactive ketones (excluding diaryl/α,β-unsaturated/α-hetero) is 1. The number of phenolic OH excluding ortho intramolecular Hbond substituents is 1. The van der Waals surface area contributed by atoms with E-state index in [2.05, 4.69) is 0 Å². The monoisotopic (exact) mass is 424 g/mol. The molecule has 3 rings (SSSR count). The summed E-state index contributed by atoms with van der Waals surface area (Å²) >= 11 is 0. The fourth-order valence-corrected chi connectivity index (χ4v) is 3.59. The van der Waals surface area contributed by atoms with Crippen molar-refractivity contribution < 1.29 is 29.3 Å². The van der Waals surface area contributed by atoms with Gasteiger partial charge in [-0.25, -0.2) is 0 Å². The highest BCUT2D eigenvalue weighted by Gasteiger charge is 2.37. The Morgan fingerprint density at radius 3 is 2.74 bits per heavy atom. The number of carbonyl (C=O) groups is 2. The van der Waals surface area contributed by atoms with Crippen LogP contribution in [0.2, 0.25) is 0 Å². The molecule has 0 bridgehead atoms. The minimum Gasteiger partial charge on any atom is -0.507 e. The SMILES string of the molecule is CCCc1c(OCCC=C[C@@H]2O[C@H]2c2cccc(CC(=O)O)c2)ccc(C(C)=O)c1O. The third-order valence-corrected chi connectivity index (χ3v) is 5.15. The lowest BCUT2D eigenvalue weighted by molar-refractivity contribution is -0.136. The minimum atomic E-state index is -0.850. The Bertz CT molecular complexity index is 978. The van der Waals surface area contributed by atoms with Crippen LogP contribution in [-0.2, 0) is 22.4 Å². The first-order valence-corrected chi connectivity index (χ1v) is 10.5. The van der Waals surface area contributed by atoms with Crippen LogP contribution in [0.5, 0.6) is 11.5 Å². The van der Waals surface area contributed by atoms with Crippen LogP contribution < -0.4 is 4.74 Å². The van der Waals surface area contributed by atoms with Crippen molar-refractivity contribution in [3.05, 3.63) is 70.8 Å². The number of benzene rings is 2. The number of ketones is 1. The van der Waals surface area contributed by atoms with E-state index in [0.717, 1.165) is 17.5 Å². The van der Waals surface area contributed by atoms with Crippen LogP contribution in [0.4, 0.5) is 0 Å². The van der Waals surface area contributed by atoms with Gasteiger partial charge in [-0.15, -0.1) is 0 Å². The summed E-state index contributed by atoms with van der Waals surface area (Å²) in [4.78, 5) is 22.5. The second-order valence-corrected chi connectivity index (χ2v) is 7.65. The van der Waals surface area contributed by atoms with Crippen LogP contribution in [0.3, 0.4) is 0 Å². The van der Waals surface area contributed by atoms with Gasteiger partial charge in [0.25, 0.3) is 0 Å². The van der Waals surface area contributed by atoms with Crippen LogP contribution in [0.25, 0.3) is 0 Å². The number of ether oxygens (including phenoxy) is 2. The summed E-state index contributed by atoms with van der Waals surface area (Å²) in [7, 11) is 0. The molecule has 0 spiro atoms. The number of hydrogen-bond acceptors (Lipinski definition) is 5. The normalized spacial score (nSPS) is 17.6. The number of epoxide rings is 1. The van der Waals surface area contributed by atoms with E-state index >= 15 is 0 Å². The average Bonchev–Trinajstić information content (AvgIpc) is 3.49. The van der Waals surface area contributed by atoms with Gasteiger partial charge in [0.05, 0.1) is 18.6 Å². The third kappa shape index (κ3) is 5.95. The van der Waals surface area contributed by atoms with E-state index in [9.17, 15) is 14.7 Å². The van der Waals surface area contributed by atoms with Crippen molar-refractivity contribution in [1.82, 2.24) is 0 Å². The standard InChI is InChI=1S/C25H28O6/c1-3-7-20-21(12-11-19(16(2)26)24(20)29)30-13-5-4-10-22-25(31-22)18-9-6-8-17(14-18)15-23(27)28/h4,6,8-12,14,22,25,29H,3,5,7,13,15H2,1-2H3,(H,27,28)/t22-,25-/m0/s1. The third-order valence-electron chi connectivity index (χ3n) is 5.15. The zero-order valence-electron chi connectivity index (χ0n) is 17.8. The molecule has 6 nitrogen and oxygen atoms in total. The van der Waals surface area contributed by atoms with E-state index in [4.69, 9.17) is 14.6 Å². The minimum absolute atomic E-state index is 0.00136. The Morgan fingerprint density at radius 1 is 1.23 bits per heavy atom. The van der Waals surface area contributed by atoms with Gasteiger partial charge in [-0.3, -0.25) is 9.59 Å². The molecular formula is C25H28O6. The molecule has 1 heterocycles. The maximum Gasteiger partial charge on any atom is 0.307 e. The van der Waals surface area contributed by atoms with Gasteiger partial charge in [0.15, 0.2) is 5.78 Å². The van der Waals surface area contributed by atoms with Crippen LogP contribution in [-0.4, -0.2) is 34.7 Å². The molecular weight excluding hydrogens is 396 g/mol. The molecule has 2 aromatic rings. The van der Waals surface area contributed by atoms with E-state index in [1.165, 1.54) is 6.92 Å². The van der Waals surface area contributed by atoms with Crippen LogP contribution >= 0.6 is 0 Å². The maximum absolute atomic E-state index is 11.6. The molecule has 2 aromatic carbocycles. The molecule has 0 amide bonds. The predicted molar refractivity (Wildman–Crippen MR) is 117 cm³/mol. The first-order chi connectivity index (χ1) is 14.9. The molecule has 0 radical (unpaired) electrons. The molecule has 1 aliphatic heterocycles. The van der Waals surface area contributed by atoms with Gasteiger partial charge in [-0.1, -0.05) is 49.8 Å². The zero-order valence-corrected chi connectivity index (χ0v) is 17.8. The summed E-state index contributed by atoms with van der Waals surface area (Å²) in [6, 6.07) is 10.8. The summed E-state index contributed by atoms with van der Waals surface area (Å²) in [5.74, 6) is -0.399. The van der Waals surface area contributed by atoms with E-state index in [-0.39, 0.29) is 30.2 Å². The fourth-order valence-electron chi connectivity index (χ4n) is 3.59. The van der Waals surface area contributed by atoms with Gasteiger partial charge in [-0.05, 0) is 43.0 Å². The van der Waals surface area contributed by atoms with Crippen molar-refractivity contribution >= 4 is 11.8 Å².